The summed E-state index contributed by atoms with van der Waals surface area (Å²) < 4.78 is 70.9. The summed E-state index contributed by atoms with van der Waals surface area (Å²) in [6, 6.07) is 9.73. The summed E-state index contributed by atoms with van der Waals surface area (Å²) in [4.78, 5) is 24.3. The Morgan fingerprint density at radius 3 is 2.65 bits per heavy atom. The number of benzene rings is 1. The fraction of sp³-hybridized carbons (Fsp3) is 0.348. The quantitative estimate of drug-likeness (QED) is 0.515. The minimum absolute atomic E-state index is 0.00346. The van der Waals surface area contributed by atoms with Crippen LogP contribution in [0.25, 0.3) is 10.9 Å². The number of halogens is 5. The second-order valence-corrected chi connectivity index (χ2v) is 8.47. The minimum atomic E-state index is -4.48. The van der Waals surface area contributed by atoms with Crippen LogP contribution >= 0.6 is 0 Å². The van der Waals surface area contributed by atoms with Crippen LogP contribution in [0.3, 0.4) is 0 Å². The van der Waals surface area contributed by atoms with Crippen LogP contribution in [-0.2, 0) is 6.18 Å². The monoisotopic (exact) mass is 478 g/mol. The molecule has 0 aliphatic carbocycles. The van der Waals surface area contributed by atoms with Crippen molar-refractivity contribution in [2.45, 2.75) is 24.6 Å². The molecule has 0 N–H and O–H groups in total. The van der Waals surface area contributed by atoms with E-state index in [0.29, 0.717) is 35.9 Å². The van der Waals surface area contributed by atoms with E-state index in [4.69, 9.17) is 4.74 Å². The van der Waals surface area contributed by atoms with Gasteiger partial charge in [-0.3, -0.25) is 9.69 Å². The highest BCUT2D eigenvalue weighted by Crippen LogP contribution is 2.34. The molecule has 11 heteroatoms. The standard InChI is InChI=1S/C23H19F5N4O2/c24-22(25)10-16-12-31(7-8-32(16)13-22)21(33)19-4-1-14-9-17(3-5-18(14)30-19)34-20-6-2-15(11-29-20)23(26,27)28/h1-6,9,11,16H,7-8,10,12-13H2/t16-/m0/s1. The molecule has 0 spiro atoms. The molecule has 6 nitrogen and oxygen atoms in total. The number of carbonyl (C=O) groups is 1. The number of alkyl halides is 5. The lowest BCUT2D eigenvalue weighted by Gasteiger charge is -2.36. The van der Waals surface area contributed by atoms with Crippen LogP contribution in [0.15, 0.2) is 48.7 Å². The number of hydrogen-bond acceptors (Lipinski definition) is 5. The molecule has 2 aromatic heterocycles. The summed E-state index contributed by atoms with van der Waals surface area (Å²) >= 11 is 0. The summed E-state index contributed by atoms with van der Waals surface area (Å²) in [5, 5.41) is 0.654. The van der Waals surface area contributed by atoms with Crippen molar-refractivity contribution in [3.05, 3.63) is 59.9 Å². The van der Waals surface area contributed by atoms with Crippen molar-refractivity contribution in [2.75, 3.05) is 26.2 Å². The number of carbonyl (C=O) groups excluding carboxylic acids is 1. The predicted molar refractivity (Wildman–Crippen MR) is 112 cm³/mol. The third kappa shape index (κ3) is 4.52. The number of aromatic nitrogens is 2. The van der Waals surface area contributed by atoms with E-state index in [1.54, 1.807) is 40.1 Å². The van der Waals surface area contributed by atoms with E-state index in [1.807, 2.05) is 0 Å². The average Bonchev–Trinajstić information content (AvgIpc) is 3.11. The van der Waals surface area contributed by atoms with E-state index in [1.165, 1.54) is 0 Å². The predicted octanol–water partition coefficient (Wildman–Crippen LogP) is 4.61. The SMILES string of the molecule is O=C(c1ccc2cc(Oc3ccc(C(F)(F)F)cn3)ccc2n1)N1CCN2CC(F)(F)C[C@H]2C1. The van der Waals surface area contributed by atoms with Gasteiger partial charge in [0, 0.05) is 49.7 Å². The number of hydrogen-bond donors (Lipinski definition) is 0. The Labute approximate surface area is 191 Å². The summed E-state index contributed by atoms with van der Waals surface area (Å²) in [7, 11) is 0. The molecule has 1 atom stereocenters. The van der Waals surface area contributed by atoms with Gasteiger partial charge in [-0.2, -0.15) is 13.2 Å². The highest BCUT2D eigenvalue weighted by molar-refractivity contribution is 5.95. The van der Waals surface area contributed by atoms with Crippen molar-refractivity contribution >= 4 is 16.8 Å². The highest BCUT2D eigenvalue weighted by Gasteiger charge is 2.47. The van der Waals surface area contributed by atoms with Gasteiger partial charge in [0.25, 0.3) is 11.8 Å². The fourth-order valence-corrected chi connectivity index (χ4v) is 4.36. The summed E-state index contributed by atoms with van der Waals surface area (Å²) in [6.07, 6.45) is -4.04. The topological polar surface area (TPSA) is 58.6 Å². The molecule has 5 rings (SSSR count). The van der Waals surface area contributed by atoms with Crippen molar-refractivity contribution in [1.82, 2.24) is 19.8 Å². The Morgan fingerprint density at radius 1 is 1.09 bits per heavy atom. The highest BCUT2D eigenvalue weighted by atomic mass is 19.4. The van der Waals surface area contributed by atoms with Gasteiger partial charge < -0.3 is 9.64 Å². The van der Waals surface area contributed by atoms with Crippen LogP contribution in [0.4, 0.5) is 22.0 Å². The van der Waals surface area contributed by atoms with Crippen LogP contribution in [0.1, 0.15) is 22.5 Å². The molecule has 0 bridgehead atoms. The maximum atomic E-state index is 13.7. The van der Waals surface area contributed by atoms with Crippen molar-refractivity contribution in [3.8, 4) is 11.6 Å². The largest absolute Gasteiger partial charge is 0.439 e. The van der Waals surface area contributed by atoms with Gasteiger partial charge in [-0.15, -0.1) is 0 Å². The van der Waals surface area contributed by atoms with Crippen molar-refractivity contribution in [1.29, 1.82) is 0 Å². The normalized spacial score (nSPS) is 20.4. The Hall–Kier alpha value is -3.34. The second kappa shape index (κ2) is 8.15. The molecule has 2 saturated heterocycles. The van der Waals surface area contributed by atoms with E-state index in [9.17, 15) is 26.7 Å². The molecule has 3 aromatic rings. The zero-order valence-corrected chi connectivity index (χ0v) is 17.7. The number of ether oxygens (including phenoxy) is 1. The zero-order valence-electron chi connectivity index (χ0n) is 17.7. The van der Waals surface area contributed by atoms with Gasteiger partial charge in [-0.05, 0) is 30.3 Å². The molecule has 1 amide bonds. The number of amides is 1. The summed E-state index contributed by atoms with van der Waals surface area (Å²) in [6.45, 7) is 0.734. The first-order chi connectivity index (χ1) is 16.1. The van der Waals surface area contributed by atoms with Gasteiger partial charge in [0.05, 0.1) is 17.6 Å². The Balaban J connectivity index is 1.29. The number of piperazine rings is 1. The van der Waals surface area contributed by atoms with E-state index in [2.05, 4.69) is 9.97 Å². The van der Waals surface area contributed by atoms with Crippen LogP contribution < -0.4 is 4.74 Å². The summed E-state index contributed by atoms with van der Waals surface area (Å²) in [5.74, 6) is -2.69. The molecular formula is C23H19F5N4O2. The summed E-state index contributed by atoms with van der Waals surface area (Å²) in [5.41, 5.74) is -0.142. The number of nitrogens with zero attached hydrogens (tertiary/aromatic N) is 4. The molecule has 4 heterocycles. The maximum Gasteiger partial charge on any atom is 0.417 e. The van der Waals surface area contributed by atoms with Crippen LogP contribution in [0.5, 0.6) is 11.6 Å². The molecule has 0 radical (unpaired) electrons. The van der Waals surface area contributed by atoms with Gasteiger partial charge in [-0.1, -0.05) is 6.07 Å². The third-order valence-electron chi connectivity index (χ3n) is 6.03. The van der Waals surface area contributed by atoms with Gasteiger partial charge in [-0.25, -0.2) is 18.7 Å². The molecule has 0 saturated carbocycles. The van der Waals surface area contributed by atoms with E-state index in [-0.39, 0.29) is 43.0 Å². The van der Waals surface area contributed by atoms with Crippen molar-refractivity contribution in [2.24, 2.45) is 0 Å². The molecule has 34 heavy (non-hydrogen) atoms. The molecular weight excluding hydrogens is 459 g/mol. The molecule has 0 unspecified atom stereocenters. The van der Waals surface area contributed by atoms with E-state index >= 15 is 0 Å². The first-order valence-corrected chi connectivity index (χ1v) is 10.6. The van der Waals surface area contributed by atoms with E-state index < -0.39 is 17.7 Å². The van der Waals surface area contributed by atoms with Crippen LogP contribution in [0, 0.1) is 0 Å². The van der Waals surface area contributed by atoms with Crippen LogP contribution in [0.2, 0.25) is 0 Å². The molecule has 2 aliphatic heterocycles. The number of pyridine rings is 2. The minimum Gasteiger partial charge on any atom is -0.439 e. The number of rotatable bonds is 3. The van der Waals surface area contributed by atoms with E-state index in [0.717, 1.165) is 12.1 Å². The van der Waals surface area contributed by atoms with Gasteiger partial charge in [0.15, 0.2) is 0 Å². The third-order valence-corrected chi connectivity index (χ3v) is 6.03. The lowest BCUT2D eigenvalue weighted by Crippen LogP contribution is -2.52. The molecule has 1 aromatic carbocycles. The molecule has 2 aliphatic rings. The number of fused-ring (bicyclic) bond motifs is 2. The van der Waals surface area contributed by atoms with Gasteiger partial charge in [0.2, 0.25) is 5.88 Å². The lowest BCUT2D eigenvalue weighted by molar-refractivity contribution is -0.137. The second-order valence-electron chi connectivity index (χ2n) is 8.47. The molecule has 2 fully saturated rings. The Bertz CT molecular complexity index is 1230. The smallest absolute Gasteiger partial charge is 0.417 e. The first kappa shape index (κ1) is 22.5. The Kier molecular flexibility index (Phi) is 5.38. The Morgan fingerprint density at radius 2 is 1.91 bits per heavy atom. The van der Waals surface area contributed by atoms with Crippen molar-refractivity contribution in [3.63, 3.8) is 0 Å². The van der Waals surface area contributed by atoms with Gasteiger partial charge >= 0.3 is 6.18 Å². The maximum absolute atomic E-state index is 13.7. The average molecular weight is 478 g/mol. The van der Waals surface area contributed by atoms with Crippen LogP contribution in [-0.4, -0.2) is 63.8 Å². The fourth-order valence-electron chi connectivity index (χ4n) is 4.36. The lowest BCUT2D eigenvalue weighted by atomic mass is 10.1. The van der Waals surface area contributed by atoms with Crippen molar-refractivity contribution < 1.29 is 31.5 Å². The molecule has 178 valence electrons. The van der Waals surface area contributed by atoms with Gasteiger partial charge in [0.1, 0.15) is 11.4 Å². The first-order valence-electron chi connectivity index (χ1n) is 10.6. The zero-order chi connectivity index (χ0) is 24.1.